The lowest BCUT2D eigenvalue weighted by molar-refractivity contribution is -0.128. The third kappa shape index (κ3) is 5.27. The molecule has 0 heterocycles. The molecule has 5 heteroatoms. The van der Waals surface area contributed by atoms with Crippen LogP contribution in [0.4, 0.5) is 4.79 Å². The Morgan fingerprint density at radius 2 is 1.78 bits per heavy atom. The van der Waals surface area contributed by atoms with Gasteiger partial charge in [0.1, 0.15) is 0 Å². The van der Waals surface area contributed by atoms with Crippen molar-refractivity contribution in [2.75, 3.05) is 20.6 Å². The zero-order chi connectivity index (χ0) is 16.7. The van der Waals surface area contributed by atoms with Gasteiger partial charge in [-0.3, -0.25) is 4.79 Å². The summed E-state index contributed by atoms with van der Waals surface area (Å²) in [5.41, 5.74) is 1.09. The number of benzene rings is 1. The van der Waals surface area contributed by atoms with Gasteiger partial charge >= 0.3 is 6.03 Å². The summed E-state index contributed by atoms with van der Waals surface area (Å²) in [7, 11) is 3.44. The van der Waals surface area contributed by atoms with Gasteiger partial charge in [-0.1, -0.05) is 43.2 Å². The molecule has 1 aliphatic rings. The van der Waals surface area contributed by atoms with Gasteiger partial charge in [-0.15, -0.1) is 0 Å². The molecule has 0 bridgehead atoms. The Morgan fingerprint density at radius 3 is 2.39 bits per heavy atom. The molecule has 0 aromatic heterocycles. The molecule has 1 aromatic rings. The minimum absolute atomic E-state index is 0.0187. The molecule has 1 aromatic carbocycles. The van der Waals surface area contributed by atoms with Crippen molar-refractivity contribution in [2.45, 2.75) is 44.1 Å². The van der Waals surface area contributed by atoms with Crippen LogP contribution in [-0.2, 0) is 11.2 Å². The second kappa shape index (κ2) is 7.99. The van der Waals surface area contributed by atoms with Crippen LogP contribution in [0, 0.1) is 0 Å². The van der Waals surface area contributed by atoms with E-state index in [4.69, 9.17) is 0 Å². The Hall–Kier alpha value is -2.04. The summed E-state index contributed by atoms with van der Waals surface area (Å²) >= 11 is 0. The normalized spacial score (nSPS) is 15.9. The van der Waals surface area contributed by atoms with Crippen molar-refractivity contribution in [3.63, 3.8) is 0 Å². The second-order valence-corrected chi connectivity index (χ2v) is 6.57. The molecule has 0 atom stereocenters. The van der Waals surface area contributed by atoms with Gasteiger partial charge in [0, 0.05) is 32.6 Å². The summed E-state index contributed by atoms with van der Waals surface area (Å²) in [6.45, 7) is 0.365. The highest BCUT2D eigenvalue weighted by atomic mass is 16.2. The van der Waals surface area contributed by atoms with E-state index in [1.54, 1.807) is 14.1 Å². The average Bonchev–Trinajstić information content (AvgIpc) is 2.96. The lowest BCUT2D eigenvalue weighted by Gasteiger charge is -2.30. The fourth-order valence-electron chi connectivity index (χ4n) is 3.18. The molecule has 0 spiro atoms. The van der Waals surface area contributed by atoms with Crippen LogP contribution < -0.4 is 10.6 Å². The Balaban J connectivity index is 1.86. The number of rotatable bonds is 6. The minimum Gasteiger partial charge on any atom is -0.349 e. The monoisotopic (exact) mass is 317 g/mol. The van der Waals surface area contributed by atoms with Crippen LogP contribution in [0.3, 0.4) is 0 Å². The first kappa shape index (κ1) is 17.3. The Labute approximate surface area is 138 Å². The zero-order valence-corrected chi connectivity index (χ0v) is 14.1. The summed E-state index contributed by atoms with van der Waals surface area (Å²) in [4.78, 5) is 25.3. The van der Waals surface area contributed by atoms with E-state index < -0.39 is 0 Å². The van der Waals surface area contributed by atoms with Crippen LogP contribution >= 0.6 is 0 Å². The molecule has 1 fully saturated rings. The molecule has 3 amide bonds. The third-order valence-corrected chi connectivity index (χ3v) is 4.45. The van der Waals surface area contributed by atoms with Gasteiger partial charge in [0.05, 0.1) is 0 Å². The summed E-state index contributed by atoms with van der Waals surface area (Å²) in [5, 5.41) is 5.98. The maximum absolute atomic E-state index is 12.2. The van der Waals surface area contributed by atoms with E-state index in [1.165, 1.54) is 10.5 Å². The van der Waals surface area contributed by atoms with Gasteiger partial charge < -0.3 is 15.5 Å². The first-order chi connectivity index (χ1) is 11.0. The topological polar surface area (TPSA) is 61.4 Å². The van der Waals surface area contributed by atoms with Crippen molar-refractivity contribution in [3.8, 4) is 0 Å². The maximum Gasteiger partial charge on any atom is 0.315 e. The molecule has 2 rings (SSSR count). The van der Waals surface area contributed by atoms with Gasteiger partial charge in [-0.25, -0.2) is 4.79 Å². The van der Waals surface area contributed by atoms with Gasteiger partial charge in [0.2, 0.25) is 5.91 Å². The SMILES string of the molecule is CN(C)C(=O)CCNC(=O)NC1(Cc2ccccc2)CCCC1. The van der Waals surface area contributed by atoms with Crippen LogP contribution in [0.5, 0.6) is 0 Å². The van der Waals surface area contributed by atoms with Crippen LogP contribution in [0.15, 0.2) is 30.3 Å². The maximum atomic E-state index is 12.2. The molecule has 0 radical (unpaired) electrons. The predicted molar refractivity (Wildman–Crippen MR) is 91.2 cm³/mol. The fraction of sp³-hybridized carbons (Fsp3) is 0.556. The number of hydrogen-bond donors (Lipinski definition) is 2. The van der Waals surface area contributed by atoms with Gasteiger partial charge in [-0.05, 0) is 24.8 Å². The molecule has 5 nitrogen and oxygen atoms in total. The first-order valence-electron chi connectivity index (χ1n) is 8.31. The quantitative estimate of drug-likeness (QED) is 0.846. The standard InChI is InChI=1S/C18H27N3O2/c1-21(2)16(22)10-13-19-17(23)20-18(11-6-7-12-18)14-15-8-4-3-5-9-15/h3-5,8-9H,6-7,10-14H2,1-2H3,(H2,19,20,23). The van der Waals surface area contributed by atoms with E-state index in [1.807, 2.05) is 18.2 Å². The molecule has 126 valence electrons. The lowest BCUT2D eigenvalue weighted by Crippen LogP contribution is -2.52. The molecule has 0 aliphatic heterocycles. The van der Waals surface area contributed by atoms with E-state index in [-0.39, 0.29) is 17.5 Å². The Kier molecular flexibility index (Phi) is 6.02. The number of nitrogens with one attached hydrogen (secondary N) is 2. The predicted octanol–water partition coefficient (Wildman–Crippen LogP) is 2.32. The van der Waals surface area contributed by atoms with Crippen LogP contribution in [0.25, 0.3) is 0 Å². The van der Waals surface area contributed by atoms with E-state index in [2.05, 4.69) is 22.8 Å². The third-order valence-electron chi connectivity index (χ3n) is 4.45. The van der Waals surface area contributed by atoms with Crippen molar-refractivity contribution in [3.05, 3.63) is 35.9 Å². The van der Waals surface area contributed by atoms with Gasteiger partial charge in [-0.2, -0.15) is 0 Å². The van der Waals surface area contributed by atoms with Crippen molar-refractivity contribution < 1.29 is 9.59 Å². The number of nitrogens with zero attached hydrogens (tertiary/aromatic N) is 1. The second-order valence-electron chi connectivity index (χ2n) is 6.57. The van der Waals surface area contributed by atoms with Gasteiger partial charge in [0.15, 0.2) is 0 Å². The minimum atomic E-state index is -0.172. The number of hydrogen-bond acceptors (Lipinski definition) is 2. The van der Waals surface area contributed by atoms with E-state index in [9.17, 15) is 9.59 Å². The Morgan fingerprint density at radius 1 is 1.13 bits per heavy atom. The molecule has 23 heavy (non-hydrogen) atoms. The highest BCUT2D eigenvalue weighted by molar-refractivity contribution is 5.78. The van der Waals surface area contributed by atoms with Crippen LogP contribution in [0.2, 0.25) is 0 Å². The lowest BCUT2D eigenvalue weighted by atomic mass is 9.89. The number of urea groups is 1. The van der Waals surface area contributed by atoms with Crippen molar-refractivity contribution in [2.24, 2.45) is 0 Å². The highest BCUT2D eigenvalue weighted by Gasteiger charge is 2.35. The van der Waals surface area contributed by atoms with E-state index in [0.29, 0.717) is 13.0 Å². The summed E-state index contributed by atoms with van der Waals surface area (Å²) in [5.74, 6) is 0.0187. The number of amides is 3. The Bertz CT molecular complexity index is 522. The molecule has 1 aliphatic carbocycles. The van der Waals surface area contributed by atoms with Gasteiger partial charge in [0.25, 0.3) is 0 Å². The summed E-state index contributed by atoms with van der Waals surface area (Å²) in [6, 6.07) is 10.1. The van der Waals surface area contributed by atoms with Crippen LogP contribution in [-0.4, -0.2) is 43.0 Å². The fourth-order valence-corrected chi connectivity index (χ4v) is 3.18. The molecule has 0 unspecified atom stereocenters. The molecular formula is C18H27N3O2. The summed E-state index contributed by atoms with van der Waals surface area (Å²) in [6.07, 6.45) is 5.49. The van der Waals surface area contributed by atoms with Crippen molar-refractivity contribution in [1.29, 1.82) is 0 Å². The van der Waals surface area contributed by atoms with Crippen molar-refractivity contribution >= 4 is 11.9 Å². The largest absolute Gasteiger partial charge is 0.349 e. The molecule has 1 saturated carbocycles. The van der Waals surface area contributed by atoms with E-state index >= 15 is 0 Å². The molecular weight excluding hydrogens is 290 g/mol. The molecule has 2 N–H and O–H groups in total. The van der Waals surface area contributed by atoms with E-state index in [0.717, 1.165) is 32.1 Å². The summed E-state index contributed by atoms with van der Waals surface area (Å²) < 4.78 is 0. The molecule has 0 saturated heterocycles. The van der Waals surface area contributed by atoms with Crippen molar-refractivity contribution in [1.82, 2.24) is 15.5 Å². The highest BCUT2D eigenvalue weighted by Crippen LogP contribution is 2.32. The zero-order valence-electron chi connectivity index (χ0n) is 14.1. The first-order valence-corrected chi connectivity index (χ1v) is 8.31. The number of carbonyl (C=O) groups is 2. The smallest absolute Gasteiger partial charge is 0.315 e. The number of carbonyl (C=O) groups excluding carboxylic acids is 2. The van der Waals surface area contributed by atoms with Crippen LogP contribution in [0.1, 0.15) is 37.7 Å². The average molecular weight is 317 g/mol.